The fourth-order valence-corrected chi connectivity index (χ4v) is 3.58. The number of rotatable bonds is 5. The summed E-state index contributed by atoms with van der Waals surface area (Å²) in [6.07, 6.45) is 0.581. The molecule has 1 N–H and O–H groups in total. The van der Waals surface area contributed by atoms with Crippen LogP contribution in [0.5, 0.6) is 11.5 Å². The molecule has 1 saturated carbocycles. The maximum Gasteiger partial charge on any atom is 0.230 e. The molecule has 0 saturated heterocycles. The zero-order valence-electron chi connectivity index (χ0n) is 16.1. The van der Waals surface area contributed by atoms with Gasteiger partial charge >= 0.3 is 0 Å². The number of ether oxygens (including phenoxy) is 2. The van der Waals surface area contributed by atoms with E-state index in [9.17, 15) is 9.59 Å². The summed E-state index contributed by atoms with van der Waals surface area (Å²) < 4.78 is 11.0. The van der Waals surface area contributed by atoms with Crippen molar-refractivity contribution >= 4 is 23.2 Å². The van der Waals surface area contributed by atoms with Crippen molar-refractivity contribution in [1.82, 2.24) is 0 Å². The lowest BCUT2D eigenvalue weighted by Gasteiger charge is -2.21. The third-order valence-electron chi connectivity index (χ3n) is 5.15. The van der Waals surface area contributed by atoms with Gasteiger partial charge in [0.15, 0.2) is 11.5 Å². The van der Waals surface area contributed by atoms with Crippen LogP contribution in [0.25, 0.3) is 0 Å². The number of hydrogen-bond acceptors (Lipinski definition) is 4. The van der Waals surface area contributed by atoms with Gasteiger partial charge in [0, 0.05) is 24.0 Å². The molecule has 1 heterocycles. The van der Waals surface area contributed by atoms with E-state index in [4.69, 9.17) is 9.47 Å². The average molecular weight is 380 g/mol. The van der Waals surface area contributed by atoms with E-state index < -0.39 is 0 Å². The van der Waals surface area contributed by atoms with Crippen LogP contribution in [-0.2, 0) is 9.59 Å². The van der Waals surface area contributed by atoms with E-state index in [0.29, 0.717) is 43.4 Å². The largest absolute Gasteiger partial charge is 0.486 e. The molecular weight excluding hydrogens is 356 g/mol. The third kappa shape index (κ3) is 3.67. The van der Waals surface area contributed by atoms with E-state index in [0.717, 1.165) is 11.3 Å². The predicted molar refractivity (Wildman–Crippen MR) is 107 cm³/mol. The van der Waals surface area contributed by atoms with Gasteiger partial charge in [-0.3, -0.25) is 9.59 Å². The lowest BCUT2D eigenvalue weighted by molar-refractivity contribution is -0.123. The standard InChI is InChI=1S/C22H24N2O4/c1-3-24(16-6-4-5-14(2)11-16)22(26)18-13-17(18)21(25)23-15-7-8-19-20(12-15)28-10-9-27-19/h4-8,11-12,17-18H,3,9-10,13H2,1-2H3,(H,23,25). The van der Waals surface area contributed by atoms with Crippen LogP contribution in [0.15, 0.2) is 42.5 Å². The fraction of sp³-hybridized carbons (Fsp3) is 0.364. The Balaban J connectivity index is 1.40. The topological polar surface area (TPSA) is 67.9 Å². The van der Waals surface area contributed by atoms with Crippen LogP contribution < -0.4 is 19.7 Å². The summed E-state index contributed by atoms with van der Waals surface area (Å²) in [6.45, 7) is 5.56. The maximum atomic E-state index is 12.9. The molecule has 4 rings (SSSR count). The van der Waals surface area contributed by atoms with Crippen molar-refractivity contribution in [2.24, 2.45) is 11.8 Å². The monoisotopic (exact) mass is 380 g/mol. The van der Waals surface area contributed by atoms with E-state index >= 15 is 0 Å². The van der Waals surface area contributed by atoms with Gasteiger partial charge in [-0.25, -0.2) is 0 Å². The quantitative estimate of drug-likeness (QED) is 0.863. The lowest BCUT2D eigenvalue weighted by atomic mass is 10.2. The number of amides is 2. The molecule has 2 unspecified atom stereocenters. The van der Waals surface area contributed by atoms with E-state index in [1.165, 1.54) is 0 Å². The minimum atomic E-state index is -0.292. The molecule has 6 heteroatoms. The molecule has 28 heavy (non-hydrogen) atoms. The highest BCUT2D eigenvalue weighted by molar-refractivity contribution is 6.04. The fourth-order valence-electron chi connectivity index (χ4n) is 3.58. The van der Waals surface area contributed by atoms with Gasteiger partial charge in [-0.05, 0) is 50.1 Å². The number of nitrogens with one attached hydrogen (secondary N) is 1. The Morgan fingerprint density at radius 1 is 1.07 bits per heavy atom. The lowest BCUT2D eigenvalue weighted by Crippen LogP contribution is -2.33. The van der Waals surface area contributed by atoms with Crippen LogP contribution in [0.1, 0.15) is 18.9 Å². The minimum Gasteiger partial charge on any atom is -0.486 e. The second-order valence-electron chi connectivity index (χ2n) is 7.22. The van der Waals surface area contributed by atoms with Crippen molar-refractivity contribution in [2.45, 2.75) is 20.3 Å². The first kappa shape index (κ1) is 18.3. The predicted octanol–water partition coefficient (Wildman–Crippen LogP) is 3.39. The van der Waals surface area contributed by atoms with Crippen LogP contribution in [0.2, 0.25) is 0 Å². The minimum absolute atomic E-state index is 0.00965. The molecule has 1 aliphatic heterocycles. The zero-order valence-corrected chi connectivity index (χ0v) is 16.1. The number of benzene rings is 2. The van der Waals surface area contributed by atoms with E-state index in [-0.39, 0.29) is 23.7 Å². The second kappa shape index (κ2) is 7.54. The molecule has 0 radical (unpaired) electrons. The van der Waals surface area contributed by atoms with Crippen LogP contribution in [0.3, 0.4) is 0 Å². The van der Waals surface area contributed by atoms with E-state index in [2.05, 4.69) is 5.32 Å². The van der Waals surface area contributed by atoms with Gasteiger partial charge < -0.3 is 19.7 Å². The van der Waals surface area contributed by atoms with E-state index in [1.54, 1.807) is 23.1 Å². The van der Waals surface area contributed by atoms with Gasteiger partial charge in [0.05, 0.1) is 11.8 Å². The molecule has 146 valence electrons. The van der Waals surface area contributed by atoms with Crippen LogP contribution in [0, 0.1) is 18.8 Å². The van der Waals surface area contributed by atoms with Crippen molar-refractivity contribution < 1.29 is 19.1 Å². The number of carbonyl (C=O) groups is 2. The Kier molecular flexibility index (Phi) is 4.94. The van der Waals surface area contributed by atoms with Gasteiger partial charge in [-0.1, -0.05) is 12.1 Å². The molecule has 2 aromatic carbocycles. The summed E-state index contributed by atoms with van der Waals surface area (Å²) >= 11 is 0. The summed E-state index contributed by atoms with van der Waals surface area (Å²) in [7, 11) is 0. The Labute approximate surface area is 164 Å². The molecule has 6 nitrogen and oxygen atoms in total. The first-order valence-corrected chi connectivity index (χ1v) is 9.65. The maximum absolute atomic E-state index is 12.9. The molecule has 2 aromatic rings. The number of nitrogens with zero attached hydrogens (tertiary/aromatic N) is 1. The van der Waals surface area contributed by atoms with Crippen molar-refractivity contribution in [1.29, 1.82) is 0 Å². The van der Waals surface area contributed by atoms with Gasteiger partial charge in [0.25, 0.3) is 0 Å². The molecule has 2 aliphatic rings. The normalized spacial score (nSPS) is 19.6. The van der Waals surface area contributed by atoms with Crippen LogP contribution in [-0.4, -0.2) is 31.6 Å². The highest BCUT2D eigenvalue weighted by Gasteiger charge is 2.49. The SMILES string of the molecule is CCN(C(=O)C1CC1C(=O)Nc1ccc2c(c1)OCCO2)c1cccc(C)c1. The number of carbonyl (C=O) groups excluding carboxylic acids is 2. The van der Waals surface area contributed by atoms with Crippen molar-refractivity contribution in [3.63, 3.8) is 0 Å². The Hall–Kier alpha value is -3.02. The van der Waals surface area contributed by atoms with Gasteiger partial charge in [0.2, 0.25) is 11.8 Å². The Morgan fingerprint density at radius 3 is 2.61 bits per heavy atom. The van der Waals surface area contributed by atoms with Gasteiger partial charge in [0.1, 0.15) is 13.2 Å². The first-order valence-electron chi connectivity index (χ1n) is 9.65. The molecule has 1 fully saturated rings. The summed E-state index contributed by atoms with van der Waals surface area (Å²) in [5.41, 5.74) is 2.64. The van der Waals surface area contributed by atoms with Crippen LogP contribution >= 0.6 is 0 Å². The molecule has 0 spiro atoms. The number of hydrogen-bond donors (Lipinski definition) is 1. The Bertz CT molecular complexity index is 911. The average Bonchev–Trinajstić information content (AvgIpc) is 3.49. The smallest absolute Gasteiger partial charge is 0.230 e. The van der Waals surface area contributed by atoms with Crippen molar-refractivity contribution in [2.75, 3.05) is 30.0 Å². The van der Waals surface area contributed by atoms with Crippen molar-refractivity contribution in [3.05, 3.63) is 48.0 Å². The second-order valence-corrected chi connectivity index (χ2v) is 7.22. The zero-order chi connectivity index (χ0) is 19.7. The van der Waals surface area contributed by atoms with Gasteiger partial charge in [-0.2, -0.15) is 0 Å². The highest BCUT2D eigenvalue weighted by Crippen LogP contribution is 2.42. The summed E-state index contributed by atoms with van der Waals surface area (Å²) in [6, 6.07) is 13.2. The van der Waals surface area contributed by atoms with Gasteiger partial charge in [-0.15, -0.1) is 0 Å². The molecule has 1 aliphatic carbocycles. The highest BCUT2D eigenvalue weighted by atomic mass is 16.6. The number of anilines is 2. The summed E-state index contributed by atoms with van der Waals surface area (Å²) in [5.74, 6) is 0.632. The third-order valence-corrected chi connectivity index (χ3v) is 5.15. The summed E-state index contributed by atoms with van der Waals surface area (Å²) in [5, 5.41) is 2.90. The molecule has 2 atom stereocenters. The van der Waals surface area contributed by atoms with Crippen molar-refractivity contribution in [3.8, 4) is 11.5 Å². The molecule has 2 amide bonds. The molecule has 0 bridgehead atoms. The number of aryl methyl sites for hydroxylation is 1. The first-order chi connectivity index (χ1) is 13.6. The molecular formula is C22H24N2O4. The summed E-state index contributed by atoms with van der Waals surface area (Å²) in [4.78, 5) is 27.3. The van der Waals surface area contributed by atoms with E-state index in [1.807, 2.05) is 38.1 Å². The van der Waals surface area contributed by atoms with Crippen LogP contribution in [0.4, 0.5) is 11.4 Å². The molecule has 0 aromatic heterocycles. The number of fused-ring (bicyclic) bond motifs is 1. The Morgan fingerprint density at radius 2 is 1.86 bits per heavy atom.